The molecule has 3 N–H and O–H groups in total. The van der Waals surface area contributed by atoms with Crippen LogP contribution in [0.15, 0.2) is 18.2 Å². The molecule has 1 aromatic carbocycles. The smallest absolute Gasteiger partial charge is 0.414 e. The van der Waals surface area contributed by atoms with Gasteiger partial charge in [0.25, 0.3) is 0 Å². The fraction of sp³-hybridized carbons (Fsp3) is 0.526. The van der Waals surface area contributed by atoms with Crippen LogP contribution in [0.3, 0.4) is 0 Å². The van der Waals surface area contributed by atoms with E-state index in [0.717, 1.165) is 5.56 Å². The van der Waals surface area contributed by atoms with Crippen molar-refractivity contribution >= 4 is 29.3 Å². The molecule has 8 heteroatoms. The van der Waals surface area contributed by atoms with Gasteiger partial charge in [-0.3, -0.25) is 14.5 Å². The Morgan fingerprint density at radius 2 is 2.15 bits per heavy atom. The van der Waals surface area contributed by atoms with Gasteiger partial charge in [0.05, 0.1) is 12.6 Å². The van der Waals surface area contributed by atoms with Crippen molar-refractivity contribution in [2.75, 3.05) is 23.4 Å². The summed E-state index contributed by atoms with van der Waals surface area (Å²) >= 11 is 0. The first kappa shape index (κ1) is 20.7. The van der Waals surface area contributed by atoms with Gasteiger partial charge in [-0.25, -0.2) is 4.79 Å². The van der Waals surface area contributed by atoms with Gasteiger partial charge in [0.2, 0.25) is 5.91 Å². The molecular formula is C19H27N3O5. The lowest BCUT2D eigenvalue weighted by molar-refractivity contribution is -0.146. The summed E-state index contributed by atoms with van der Waals surface area (Å²) in [5.41, 5.74) is 7.82. The van der Waals surface area contributed by atoms with Gasteiger partial charge in [0.15, 0.2) is 6.10 Å². The Morgan fingerprint density at radius 3 is 2.78 bits per heavy atom. The van der Waals surface area contributed by atoms with E-state index in [9.17, 15) is 14.4 Å². The third kappa shape index (κ3) is 5.43. The molecule has 1 heterocycles. The summed E-state index contributed by atoms with van der Waals surface area (Å²) in [5, 5.41) is 2.79. The Bertz CT molecular complexity index is 707. The number of carbonyl (C=O) groups excluding carboxylic acids is 3. The topological polar surface area (TPSA) is 111 Å². The molecule has 1 unspecified atom stereocenters. The van der Waals surface area contributed by atoms with Gasteiger partial charge in [-0.2, -0.15) is 0 Å². The zero-order valence-corrected chi connectivity index (χ0v) is 16.0. The summed E-state index contributed by atoms with van der Waals surface area (Å²) in [5.74, 6) is -0.545. The molecule has 1 aromatic rings. The van der Waals surface area contributed by atoms with E-state index in [1.165, 1.54) is 4.90 Å². The third-order valence-electron chi connectivity index (χ3n) is 4.31. The van der Waals surface area contributed by atoms with E-state index in [1.807, 2.05) is 20.8 Å². The number of rotatable bonds is 8. The molecule has 8 nitrogen and oxygen atoms in total. The lowest BCUT2D eigenvalue weighted by atomic mass is 10.1. The van der Waals surface area contributed by atoms with E-state index >= 15 is 0 Å². The number of nitrogens with two attached hydrogens (primary N) is 1. The van der Waals surface area contributed by atoms with Gasteiger partial charge in [-0.05, 0) is 43.5 Å². The molecule has 27 heavy (non-hydrogen) atoms. The minimum absolute atomic E-state index is 0.0447. The van der Waals surface area contributed by atoms with Crippen molar-refractivity contribution in [1.82, 2.24) is 0 Å². The number of ether oxygens (including phenoxy) is 2. The first-order valence-electron chi connectivity index (χ1n) is 9.16. The van der Waals surface area contributed by atoms with Gasteiger partial charge in [0, 0.05) is 17.8 Å². The van der Waals surface area contributed by atoms with Crippen molar-refractivity contribution in [1.29, 1.82) is 0 Å². The Morgan fingerprint density at radius 1 is 1.41 bits per heavy atom. The van der Waals surface area contributed by atoms with Crippen LogP contribution < -0.4 is 16.0 Å². The standard InChI is InChI=1S/C19H27N3O5/c1-4-6-17(23)26-11-14-10-22(19(25)27-14)13-7-8-16(12(3)9-13)21-18(24)15(20)5-2/h7-9,14-15H,4-6,10-11,20H2,1-3H3,(H,21,24)/t14-,15?/m1/s1. The maximum atomic E-state index is 12.1. The molecular weight excluding hydrogens is 350 g/mol. The molecule has 0 radical (unpaired) electrons. The SMILES string of the molecule is CCCC(=O)OC[C@H]1CN(c2ccc(NC(=O)C(N)CC)c(C)c2)C(=O)O1. The second-order valence-electron chi connectivity index (χ2n) is 6.55. The van der Waals surface area contributed by atoms with Gasteiger partial charge >= 0.3 is 12.1 Å². The molecule has 148 valence electrons. The van der Waals surface area contributed by atoms with Crippen LogP contribution in [0, 0.1) is 6.92 Å². The number of esters is 1. The Kier molecular flexibility index (Phi) is 7.18. The van der Waals surface area contributed by atoms with Crippen molar-refractivity contribution in [3.8, 4) is 0 Å². The highest BCUT2D eigenvalue weighted by molar-refractivity contribution is 5.96. The number of hydrogen-bond acceptors (Lipinski definition) is 6. The largest absolute Gasteiger partial charge is 0.462 e. The molecule has 0 bridgehead atoms. The molecule has 1 aliphatic heterocycles. The summed E-state index contributed by atoms with van der Waals surface area (Å²) in [6.07, 6.45) is 0.614. The summed E-state index contributed by atoms with van der Waals surface area (Å²) in [6.45, 7) is 5.91. The number of cyclic esters (lactones) is 1. The molecule has 1 aliphatic rings. The van der Waals surface area contributed by atoms with Crippen LogP contribution >= 0.6 is 0 Å². The maximum absolute atomic E-state index is 12.1. The number of nitrogens with one attached hydrogen (secondary N) is 1. The maximum Gasteiger partial charge on any atom is 0.414 e. The average Bonchev–Trinajstić information content (AvgIpc) is 3.01. The zero-order chi connectivity index (χ0) is 20.0. The summed E-state index contributed by atoms with van der Waals surface area (Å²) in [6, 6.07) is 4.69. The predicted molar refractivity (Wildman–Crippen MR) is 102 cm³/mol. The monoisotopic (exact) mass is 377 g/mol. The van der Waals surface area contributed by atoms with Crippen LogP contribution in [0.4, 0.5) is 16.2 Å². The highest BCUT2D eigenvalue weighted by Gasteiger charge is 2.33. The van der Waals surface area contributed by atoms with Gasteiger partial charge in [-0.1, -0.05) is 13.8 Å². The molecule has 2 rings (SSSR count). The van der Waals surface area contributed by atoms with Gasteiger partial charge < -0.3 is 20.5 Å². The van der Waals surface area contributed by atoms with Crippen LogP contribution in [-0.2, 0) is 19.1 Å². The van der Waals surface area contributed by atoms with E-state index in [1.54, 1.807) is 18.2 Å². The van der Waals surface area contributed by atoms with Crippen molar-refractivity contribution in [3.63, 3.8) is 0 Å². The van der Waals surface area contributed by atoms with E-state index in [0.29, 0.717) is 37.2 Å². The van der Waals surface area contributed by atoms with Crippen molar-refractivity contribution in [2.45, 2.75) is 52.2 Å². The van der Waals surface area contributed by atoms with Crippen molar-refractivity contribution in [2.24, 2.45) is 5.73 Å². The fourth-order valence-corrected chi connectivity index (χ4v) is 2.65. The molecule has 2 atom stereocenters. The highest BCUT2D eigenvalue weighted by atomic mass is 16.6. The number of nitrogens with zero attached hydrogens (tertiary/aromatic N) is 1. The fourth-order valence-electron chi connectivity index (χ4n) is 2.65. The molecule has 0 spiro atoms. The third-order valence-corrected chi connectivity index (χ3v) is 4.31. The minimum Gasteiger partial charge on any atom is -0.462 e. The summed E-state index contributed by atoms with van der Waals surface area (Å²) in [4.78, 5) is 37.0. The Hall–Kier alpha value is -2.61. The minimum atomic E-state index is -0.561. The Labute approximate surface area is 159 Å². The van der Waals surface area contributed by atoms with Crippen molar-refractivity contribution < 1.29 is 23.9 Å². The molecule has 2 amide bonds. The van der Waals surface area contributed by atoms with E-state index in [-0.39, 0.29) is 18.5 Å². The number of hydrogen-bond donors (Lipinski definition) is 2. The van der Waals surface area contributed by atoms with Crippen LogP contribution in [0.5, 0.6) is 0 Å². The van der Waals surface area contributed by atoms with Gasteiger partial charge in [0.1, 0.15) is 6.61 Å². The number of anilines is 2. The summed E-state index contributed by atoms with van der Waals surface area (Å²) in [7, 11) is 0. The Balaban J connectivity index is 1.99. The van der Waals surface area contributed by atoms with E-state index in [4.69, 9.17) is 15.2 Å². The number of carbonyl (C=O) groups is 3. The molecule has 0 aliphatic carbocycles. The highest BCUT2D eigenvalue weighted by Crippen LogP contribution is 2.26. The molecule has 1 fully saturated rings. The quantitative estimate of drug-likeness (QED) is 0.673. The van der Waals surface area contributed by atoms with Crippen LogP contribution in [-0.4, -0.2) is 43.3 Å². The van der Waals surface area contributed by atoms with Crippen LogP contribution in [0.1, 0.15) is 38.7 Å². The first-order valence-corrected chi connectivity index (χ1v) is 9.16. The van der Waals surface area contributed by atoms with Crippen LogP contribution in [0.2, 0.25) is 0 Å². The van der Waals surface area contributed by atoms with E-state index < -0.39 is 18.2 Å². The second kappa shape index (κ2) is 9.36. The lowest BCUT2D eigenvalue weighted by Gasteiger charge is -2.17. The van der Waals surface area contributed by atoms with Crippen molar-refractivity contribution in [3.05, 3.63) is 23.8 Å². The average molecular weight is 377 g/mol. The first-order chi connectivity index (χ1) is 12.8. The van der Waals surface area contributed by atoms with E-state index in [2.05, 4.69) is 5.32 Å². The number of amides is 2. The normalized spacial score (nSPS) is 17.4. The predicted octanol–water partition coefficient (Wildman–Crippen LogP) is 2.34. The number of benzene rings is 1. The number of aryl methyl sites for hydroxylation is 1. The summed E-state index contributed by atoms with van der Waals surface area (Å²) < 4.78 is 10.4. The van der Waals surface area contributed by atoms with Crippen LogP contribution in [0.25, 0.3) is 0 Å². The lowest BCUT2D eigenvalue weighted by Crippen LogP contribution is -2.35. The second-order valence-corrected chi connectivity index (χ2v) is 6.55. The molecule has 0 saturated carbocycles. The zero-order valence-electron chi connectivity index (χ0n) is 16.0. The molecule has 1 saturated heterocycles. The molecule has 0 aromatic heterocycles. The van der Waals surface area contributed by atoms with Gasteiger partial charge in [-0.15, -0.1) is 0 Å².